The molecule has 0 bridgehead atoms. The fraction of sp³-hybridized carbons (Fsp3) is 0.315. The minimum atomic E-state index is -0.957. The molecule has 2 aliphatic heterocycles. The van der Waals surface area contributed by atoms with Gasteiger partial charge in [0.1, 0.15) is 17.8 Å². The second-order valence-corrected chi connectivity index (χ2v) is 20.3. The summed E-state index contributed by atoms with van der Waals surface area (Å²) < 4.78 is 1.97. The number of anilines is 2. The van der Waals surface area contributed by atoms with Gasteiger partial charge in [-0.05, 0) is 95.8 Å². The predicted octanol–water partition coefficient (Wildman–Crippen LogP) is 7.73. The lowest BCUT2D eigenvalue weighted by Crippen LogP contribution is -2.57. The monoisotopic (exact) mass is 958 g/mol. The fourth-order valence-electron chi connectivity index (χ4n) is 9.37. The Morgan fingerprint density at radius 3 is 2.23 bits per heavy atom. The van der Waals surface area contributed by atoms with E-state index in [4.69, 9.17) is 5.73 Å². The van der Waals surface area contributed by atoms with Gasteiger partial charge in [0.2, 0.25) is 11.8 Å². The molecule has 2 saturated heterocycles. The summed E-state index contributed by atoms with van der Waals surface area (Å²) in [5.74, 6) is -0.293. The number of hydrogen-bond donors (Lipinski definition) is 5. The summed E-state index contributed by atoms with van der Waals surface area (Å²) in [6.07, 6.45) is 5.05. The molecule has 0 saturated carbocycles. The Hall–Kier alpha value is -7.43. The number of para-hydroxylation sites is 1. The largest absolute Gasteiger partial charge is 0.507 e. The quantitative estimate of drug-likeness (QED) is 0.0757. The zero-order valence-electron chi connectivity index (χ0n) is 39.7. The zero-order valence-corrected chi connectivity index (χ0v) is 40.6. The van der Waals surface area contributed by atoms with Crippen LogP contribution in [0.3, 0.4) is 0 Å². The second-order valence-electron chi connectivity index (χ2n) is 19.4. The van der Waals surface area contributed by atoms with E-state index in [0.29, 0.717) is 34.1 Å². The first-order valence-corrected chi connectivity index (χ1v) is 24.5. The number of piperidine rings is 1. The molecule has 5 heterocycles. The van der Waals surface area contributed by atoms with Gasteiger partial charge in [0.05, 0.1) is 34.1 Å². The second kappa shape index (κ2) is 20.3. The lowest BCUT2D eigenvalue weighted by molar-refractivity contribution is -0.142. The molecule has 16 heteroatoms. The number of benzene rings is 4. The molecule has 0 unspecified atom stereocenters. The molecule has 3 atom stereocenters. The van der Waals surface area contributed by atoms with E-state index in [0.717, 1.165) is 76.6 Å². The van der Waals surface area contributed by atoms with Gasteiger partial charge in [0.15, 0.2) is 5.82 Å². The third kappa shape index (κ3) is 10.6. The standard InChI is InChI=1S/C54H58N10O5S/c1-33-48(70-32-57-33)38-11-9-34(10-12-38)27-56-52(68)46-25-42(65)31-64(46)53(69)49(54(2,3)4)59-51(67)39-15-13-36(14-16-39)37-17-19-41(20-18-37)62-23-21-35(22-24-62)29-63-30-40(28-58-63)44-26-45(60-61-50(44)55)43-7-5-6-8-47(43)66/h5-20,26,28,30,32,35,42,46,49,65-66H,21-25,27,29,31H2,1-4H3,(H2,55,61)(H,56,68)(H,59,67)/t42-,46+,49-/m1/s1. The Balaban J connectivity index is 0.769. The molecule has 9 rings (SSSR count). The minimum absolute atomic E-state index is 0.00443. The number of thiazole rings is 1. The van der Waals surface area contributed by atoms with E-state index >= 15 is 0 Å². The Morgan fingerprint density at radius 2 is 1.56 bits per heavy atom. The Kier molecular flexibility index (Phi) is 13.8. The molecule has 0 spiro atoms. The van der Waals surface area contributed by atoms with Crippen molar-refractivity contribution in [1.29, 1.82) is 0 Å². The summed E-state index contributed by atoms with van der Waals surface area (Å²) in [7, 11) is 0. The highest BCUT2D eigenvalue weighted by molar-refractivity contribution is 7.13. The van der Waals surface area contributed by atoms with Crippen molar-refractivity contribution in [3.8, 4) is 49.7 Å². The number of carbonyl (C=O) groups is 3. The van der Waals surface area contributed by atoms with Crippen LogP contribution in [0.1, 0.15) is 61.6 Å². The van der Waals surface area contributed by atoms with Crippen molar-refractivity contribution in [2.75, 3.05) is 30.3 Å². The number of β-amino-alcohol motifs (C(OH)–C–C–N with tert-alkyl or cyclic N) is 1. The van der Waals surface area contributed by atoms with Crippen LogP contribution in [-0.2, 0) is 22.7 Å². The van der Waals surface area contributed by atoms with E-state index in [-0.39, 0.29) is 31.2 Å². The van der Waals surface area contributed by atoms with Crippen molar-refractivity contribution in [2.45, 2.75) is 78.2 Å². The Morgan fingerprint density at radius 1 is 0.871 bits per heavy atom. The van der Waals surface area contributed by atoms with Crippen LogP contribution in [0, 0.1) is 18.3 Å². The molecule has 0 aliphatic carbocycles. The van der Waals surface area contributed by atoms with Gasteiger partial charge in [-0.25, -0.2) is 4.98 Å². The van der Waals surface area contributed by atoms with Crippen LogP contribution < -0.4 is 21.3 Å². The van der Waals surface area contributed by atoms with Gasteiger partial charge in [-0.2, -0.15) is 5.10 Å². The van der Waals surface area contributed by atoms with Crippen molar-refractivity contribution in [3.63, 3.8) is 0 Å². The van der Waals surface area contributed by atoms with Crippen LogP contribution in [0.2, 0.25) is 0 Å². The van der Waals surface area contributed by atoms with Crippen molar-refractivity contribution < 1.29 is 24.6 Å². The summed E-state index contributed by atoms with van der Waals surface area (Å²) in [5, 5.41) is 40.0. The maximum atomic E-state index is 14.2. The molecule has 0 radical (unpaired) electrons. The molecule has 70 heavy (non-hydrogen) atoms. The normalized spacial score (nSPS) is 16.8. The van der Waals surface area contributed by atoms with E-state index in [1.165, 1.54) is 4.90 Å². The van der Waals surface area contributed by atoms with Gasteiger partial charge < -0.3 is 36.4 Å². The van der Waals surface area contributed by atoms with Crippen molar-refractivity contribution in [2.24, 2.45) is 11.3 Å². The number of nitrogens with two attached hydrogens (primary N) is 1. The molecule has 15 nitrogen and oxygen atoms in total. The number of nitrogen functional groups attached to an aromatic ring is 1. The molecule has 3 amide bonds. The van der Waals surface area contributed by atoms with Crippen LogP contribution in [0.5, 0.6) is 5.75 Å². The summed E-state index contributed by atoms with van der Waals surface area (Å²) in [6, 6.07) is 30.7. The van der Waals surface area contributed by atoms with Crippen LogP contribution in [0.4, 0.5) is 11.5 Å². The molecule has 6 N–H and O–H groups in total. The lowest BCUT2D eigenvalue weighted by atomic mass is 9.85. The number of amides is 3. The number of nitrogens with zero attached hydrogens (tertiary/aromatic N) is 7. The zero-order chi connectivity index (χ0) is 49.1. The summed E-state index contributed by atoms with van der Waals surface area (Å²) in [6.45, 7) is 10.5. The number of hydrogen-bond acceptors (Lipinski definition) is 12. The number of phenols is 1. The highest BCUT2D eigenvalue weighted by Crippen LogP contribution is 2.34. The smallest absolute Gasteiger partial charge is 0.251 e. The maximum absolute atomic E-state index is 14.2. The minimum Gasteiger partial charge on any atom is -0.507 e. The predicted molar refractivity (Wildman–Crippen MR) is 273 cm³/mol. The van der Waals surface area contributed by atoms with Gasteiger partial charge in [0, 0.05) is 73.3 Å². The van der Waals surface area contributed by atoms with Crippen molar-refractivity contribution >= 4 is 40.6 Å². The first-order chi connectivity index (χ1) is 33.7. The number of aromatic hydroxyl groups is 1. The molecule has 2 aliphatic rings. The first kappa shape index (κ1) is 47.6. The number of aliphatic hydroxyl groups excluding tert-OH is 1. The van der Waals surface area contributed by atoms with E-state index in [1.807, 2.05) is 92.6 Å². The number of aromatic nitrogens is 5. The number of aliphatic hydroxyl groups is 1. The van der Waals surface area contributed by atoms with E-state index in [2.05, 4.69) is 60.1 Å². The lowest BCUT2D eigenvalue weighted by Gasteiger charge is -2.35. The number of aryl methyl sites for hydroxylation is 1. The number of phenolic OH excluding ortho intramolecular Hbond substituents is 1. The SMILES string of the molecule is Cc1ncsc1-c1ccc(CNC(=O)[C@@H]2C[C@@H](O)CN2C(=O)[C@@H](NC(=O)c2ccc(-c3ccc(N4CCC(Cn5cc(-c6cc(-c7ccccc7O)nnc6N)cn5)CC4)cc3)cc2)C(C)(C)C)cc1. The number of rotatable bonds is 13. The average molecular weight is 959 g/mol. The van der Waals surface area contributed by atoms with Gasteiger partial charge in [0.25, 0.3) is 5.91 Å². The van der Waals surface area contributed by atoms with Gasteiger partial charge >= 0.3 is 0 Å². The summed E-state index contributed by atoms with van der Waals surface area (Å²) in [5.41, 5.74) is 16.5. The Bertz CT molecular complexity index is 2980. The van der Waals surface area contributed by atoms with Crippen molar-refractivity contribution in [1.82, 2.24) is 40.5 Å². The molecule has 2 fully saturated rings. The third-order valence-corrected chi connectivity index (χ3v) is 14.4. The third-order valence-electron chi connectivity index (χ3n) is 13.4. The summed E-state index contributed by atoms with van der Waals surface area (Å²) >= 11 is 1.58. The molecular weight excluding hydrogens is 901 g/mol. The maximum Gasteiger partial charge on any atom is 0.251 e. The van der Waals surface area contributed by atoms with Gasteiger partial charge in [-0.1, -0.05) is 81.4 Å². The molecule has 7 aromatic rings. The molecule has 4 aromatic carbocycles. The molecular formula is C54H58N10O5S. The van der Waals surface area contributed by atoms with Gasteiger partial charge in [-0.3, -0.25) is 19.1 Å². The Labute approximate surface area is 411 Å². The highest BCUT2D eigenvalue weighted by atomic mass is 32.1. The number of nitrogens with one attached hydrogen (secondary N) is 2. The molecule has 360 valence electrons. The molecule has 3 aromatic heterocycles. The van der Waals surface area contributed by atoms with Crippen molar-refractivity contribution in [3.05, 3.63) is 138 Å². The number of likely N-dealkylation sites (tertiary alicyclic amines) is 1. The van der Waals surface area contributed by atoms with Crippen LogP contribution >= 0.6 is 11.3 Å². The van der Waals surface area contributed by atoms with Crippen LogP contribution in [0.15, 0.2) is 121 Å². The average Bonchev–Trinajstić information content (AvgIpc) is 4.12. The van der Waals surface area contributed by atoms with Crippen LogP contribution in [-0.4, -0.2) is 95.6 Å². The fourth-order valence-corrected chi connectivity index (χ4v) is 10.2. The number of carbonyl (C=O) groups excluding carboxylic acids is 3. The van der Waals surface area contributed by atoms with E-state index in [9.17, 15) is 24.6 Å². The van der Waals surface area contributed by atoms with E-state index < -0.39 is 35.4 Å². The summed E-state index contributed by atoms with van der Waals surface area (Å²) in [4.78, 5) is 50.8. The highest BCUT2D eigenvalue weighted by Gasteiger charge is 2.44. The first-order valence-electron chi connectivity index (χ1n) is 23.6. The van der Waals surface area contributed by atoms with E-state index in [1.54, 1.807) is 47.9 Å². The van der Waals surface area contributed by atoms with Gasteiger partial charge in [-0.15, -0.1) is 21.5 Å². The topological polar surface area (TPSA) is 205 Å². The van der Waals surface area contributed by atoms with Crippen LogP contribution in [0.25, 0.3) is 44.0 Å².